The molecule has 5 heteroatoms. The van der Waals surface area contributed by atoms with Gasteiger partial charge in [-0.25, -0.2) is 4.39 Å². The summed E-state index contributed by atoms with van der Waals surface area (Å²) in [6.45, 7) is 3.57. The third-order valence-electron chi connectivity index (χ3n) is 2.68. The predicted octanol–water partition coefficient (Wildman–Crippen LogP) is 2.80. The van der Waals surface area contributed by atoms with Crippen molar-refractivity contribution < 1.29 is 14.3 Å². The molecule has 0 aliphatic carbocycles. The molecule has 19 heavy (non-hydrogen) atoms. The van der Waals surface area contributed by atoms with Crippen molar-refractivity contribution in [1.82, 2.24) is 4.98 Å². The zero-order valence-corrected chi connectivity index (χ0v) is 10.6. The van der Waals surface area contributed by atoms with Crippen LogP contribution in [-0.2, 0) is 0 Å². The van der Waals surface area contributed by atoms with Crippen molar-refractivity contribution in [3.8, 4) is 5.75 Å². The predicted molar refractivity (Wildman–Crippen MR) is 69.7 cm³/mol. The monoisotopic (exact) mass is 260 g/mol. The Labute approximate surface area is 109 Å². The van der Waals surface area contributed by atoms with E-state index in [1.807, 2.05) is 6.92 Å². The number of aromatic nitrogens is 1. The Kier molecular flexibility index (Phi) is 3.46. The van der Waals surface area contributed by atoms with Gasteiger partial charge in [0.25, 0.3) is 5.91 Å². The highest BCUT2D eigenvalue weighted by Crippen LogP contribution is 2.20. The van der Waals surface area contributed by atoms with Crippen LogP contribution in [0.4, 0.5) is 10.1 Å². The third kappa shape index (κ3) is 2.88. The van der Waals surface area contributed by atoms with Crippen LogP contribution in [0.3, 0.4) is 0 Å². The number of hydrogen-bond acceptors (Lipinski definition) is 3. The first-order valence-corrected chi connectivity index (χ1v) is 5.71. The summed E-state index contributed by atoms with van der Waals surface area (Å²) in [5, 5.41) is 11.6. The first-order valence-electron chi connectivity index (χ1n) is 5.71. The summed E-state index contributed by atoms with van der Waals surface area (Å²) in [6, 6.07) is 7.08. The highest BCUT2D eigenvalue weighted by atomic mass is 19.1. The summed E-state index contributed by atoms with van der Waals surface area (Å²) in [4.78, 5) is 16.2. The van der Waals surface area contributed by atoms with Crippen molar-refractivity contribution in [2.75, 3.05) is 5.32 Å². The molecule has 0 saturated heterocycles. The molecule has 1 amide bonds. The molecule has 0 unspecified atom stereocenters. The first kappa shape index (κ1) is 13.0. The van der Waals surface area contributed by atoms with Crippen molar-refractivity contribution in [2.45, 2.75) is 13.8 Å². The number of nitrogens with one attached hydrogen (secondary N) is 1. The standard InChI is InChI=1S/C14H13FN2O2/c1-8-3-5-11(9(2)16-8)14(19)17-10-4-6-13(18)12(15)7-10/h3-7,18H,1-2H3,(H,17,19). The Morgan fingerprint density at radius 3 is 2.63 bits per heavy atom. The Hall–Kier alpha value is -2.43. The summed E-state index contributed by atoms with van der Waals surface area (Å²) >= 11 is 0. The largest absolute Gasteiger partial charge is 0.505 e. The lowest BCUT2D eigenvalue weighted by Gasteiger charge is -2.08. The van der Waals surface area contributed by atoms with Crippen LogP contribution in [0.2, 0.25) is 0 Å². The van der Waals surface area contributed by atoms with Gasteiger partial charge in [0.1, 0.15) is 0 Å². The molecule has 0 radical (unpaired) electrons. The molecule has 2 N–H and O–H groups in total. The fraction of sp³-hybridized carbons (Fsp3) is 0.143. The van der Waals surface area contributed by atoms with Gasteiger partial charge in [0.2, 0.25) is 0 Å². The van der Waals surface area contributed by atoms with Gasteiger partial charge < -0.3 is 10.4 Å². The van der Waals surface area contributed by atoms with Gasteiger partial charge in [-0.1, -0.05) is 0 Å². The van der Waals surface area contributed by atoms with E-state index >= 15 is 0 Å². The van der Waals surface area contributed by atoms with Crippen LogP contribution < -0.4 is 5.32 Å². The molecular weight excluding hydrogens is 247 g/mol. The Balaban J connectivity index is 2.23. The number of rotatable bonds is 2. The van der Waals surface area contributed by atoms with E-state index in [0.29, 0.717) is 11.3 Å². The minimum atomic E-state index is -0.781. The zero-order chi connectivity index (χ0) is 14.0. The zero-order valence-electron chi connectivity index (χ0n) is 10.6. The van der Waals surface area contributed by atoms with Gasteiger partial charge >= 0.3 is 0 Å². The topological polar surface area (TPSA) is 62.2 Å². The molecule has 0 aliphatic rings. The lowest BCUT2D eigenvalue weighted by molar-refractivity contribution is 0.102. The van der Waals surface area contributed by atoms with E-state index in [9.17, 15) is 9.18 Å². The lowest BCUT2D eigenvalue weighted by Crippen LogP contribution is -2.14. The number of nitrogens with zero attached hydrogens (tertiary/aromatic N) is 1. The SMILES string of the molecule is Cc1ccc(C(=O)Nc2ccc(O)c(F)c2)c(C)n1. The van der Waals surface area contributed by atoms with Crippen molar-refractivity contribution in [1.29, 1.82) is 0 Å². The van der Waals surface area contributed by atoms with E-state index in [0.717, 1.165) is 11.8 Å². The number of phenols is 1. The average Bonchev–Trinajstić information content (AvgIpc) is 2.33. The summed E-state index contributed by atoms with van der Waals surface area (Å²) in [5.41, 5.74) is 2.14. The van der Waals surface area contributed by atoms with E-state index < -0.39 is 11.6 Å². The second kappa shape index (κ2) is 5.06. The number of aromatic hydroxyl groups is 1. The van der Waals surface area contributed by atoms with Gasteiger partial charge in [-0.2, -0.15) is 0 Å². The van der Waals surface area contributed by atoms with Crippen LogP contribution in [0, 0.1) is 19.7 Å². The molecule has 0 saturated carbocycles. The Morgan fingerprint density at radius 2 is 2.00 bits per heavy atom. The number of anilines is 1. The second-order valence-electron chi connectivity index (χ2n) is 4.21. The number of aryl methyl sites for hydroxylation is 2. The molecule has 0 spiro atoms. The number of hydrogen-bond donors (Lipinski definition) is 2. The Bertz CT molecular complexity index is 641. The van der Waals surface area contributed by atoms with E-state index in [-0.39, 0.29) is 11.6 Å². The summed E-state index contributed by atoms with van der Waals surface area (Å²) in [5.74, 6) is -1.60. The number of carbonyl (C=O) groups excluding carboxylic acids is 1. The average molecular weight is 260 g/mol. The molecule has 98 valence electrons. The number of halogens is 1. The van der Waals surface area contributed by atoms with E-state index in [1.54, 1.807) is 19.1 Å². The molecule has 0 fully saturated rings. The van der Waals surface area contributed by atoms with Crippen LogP contribution in [-0.4, -0.2) is 16.0 Å². The normalized spacial score (nSPS) is 10.3. The maximum absolute atomic E-state index is 13.2. The molecule has 1 aromatic carbocycles. The van der Waals surface area contributed by atoms with E-state index in [2.05, 4.69) is 10.3 Å². The van der Waals surface area contributed by atoms with Crippen molar-refractivity contribution in [3.63, 3.8) is 0 Å². The molecule has 0 bridgehead atoms. The minimum Gasteiger partial charge on any atom is -0.505 e. The smallest absolute Gasteiger partial charge is 0.257 e. The number of pyridine rings is 1. The van der Waals surface area contributed by atoms with Crippen LogP contribution in [0.1, 0.15) is 21.7 Å². The number of phenolic OH excluding ortho intramolecular Hbond substituents is 1. The van der Waals surface area contributed by atoms with Crippen LogP contribution in [0.25, 0.3) is 0 Å². The molecular formula is C14H13FN2O2. The van der Waals surface area contributed by atoms with E-state index in [4.69, 9.17) is 5.11 Å². The van der Waals surface area contributed by atoms with Crippen LogP contribution in [0.15, 0.2) is 30.3 Å². The van der Waals surface area contributed by atoms with Gasteiger partial charge in [-0.15, -0.1) is 0 Å². The van der Waals surface area contributed by atoms with Gasteiger partial charge in [0, 0.05) is 17.4 Å². The van der Waals surface area contributed by atoms with Gasteiger partial charge in [0.15, 0.2) is 11.6 Å². The third-order valence-corrected chi connectivity index (χ3v) is 2.68. The summed E-state index contributed by atoms with van der Waals surface area (Å²) in [7, 11) is 0. The minimum absolute atomic E-state index is 0.278. The second-order valence-corrected chi connectivity index (χ2v) is 4.21. The van der Waals surface area contributed by atoms with Crippen LogP contribution in [0.5, 0.6) is 5.75 Å². The molecule has 1 aromatic heterocycles. The summed E-state index contributed by atoms with van der Waals surface area (Å²) < 4.78 is 13.2. The van der Waals surface area contributed by atoms with Gasteiger partial charge in [0.05, 0.1) is 11.3 Å². The fourth-order valence-corrected chi connectivity index (χ4v) is 1.71. The van der Waals surface area contributed by atoms with Crippen molar-refractivity contribution >= 4 is 11.6 Å². The molecule has 0 atom stereocenters. The first-order chi connectivity index (χ1) is 8.97. The highest BCUT2D eigenvalue weighted by molar-refractivity contribution is 6.05. The van der Waals surface area contributed by atoms with Crippen molar-refractivity contribution in [2.24, 2.45) is 0 Å². The molecule has 2 aromatic rings. The number of carbonyl (C=O) groups is 1. The number of amides is 1. The lowest BCUT2D eigenvalue weighted by atomic mass is 10.1. The van der Waals surface area contributed by atoms with Gasteiger partial charge in [-0.3, -0.25) is 9.78 Å². The maximum Gasteiger partial charge on any atom is 0.257 e. The molecule has 2 rings (SSSR count). The molecule has 0 aliphatic heterocycles. The molecule has 1 heterocycles. The Morgan fingerprint density at radius 1 is 1.26 bits per heavy atom. The maximum atomic E-state index is 13.2. The highest BCUT2D eigenvalue weighted by Gasteiger charge is 2.11. The fourth-order valence-electron chi connectivity index (χ4n) is 1.71. The molecule has 4 nitrogen and oxygen atoms in total. The van der Waals surface area contributed by atoms with Gasteiger partial charge in [-0.05, 0) is 38.1 Å². The quantitative estimate of drug-likeness (QED) is 0.816. The number of benzene rings is 1. The summed E-state index contributed by atoms with van der Waals surface area (Å²) in [6.07, 6.45) is 0. The van der Waals surface area contributed by atoms with Crippen LogP contribution >= 0.6 is 0 Å². The van der Waals surface area contributed by atoms with E-state index in [1.165, 1.54) is 12.1 Å². The van der Waals surface area contributed by atoms with Crippen molar-refractivity contribution in [3.05, 3.63) is 53.1 Å².